The second kappa shape index (κ2) is 8.85. The summed E-state index contributed by atoms with van der Waals surface area (Å²) < 4.78 is 0. The number of nitrogens with one attached hydrogen (secondary N) is 1. The molecular formula is C32H43NO6. The summed E-state index contributed by atoms with van der Waals surface area (Å²) in [5.74, 6) is -5.02. The molecule has 0 radical (unpaired) electrons. The first kappa shape index (κ1) is 29.2. The molecule has 3 aliphatic rings. The van der Waals surface area contributed by atoms with Gasteiger partial charge in [-0.15, -0.1) is 0 Å². The van der Waals surface area contributed by atoms with Crippen LogP contribution in [-0.4, -0.2) is 44.6 Å². The number of carbonyl (C=O) groups excluding carboxylic acids is 4. The summed E-state index contributed by atoms with van der Waals surface area (Å²) in [6, 6.07) is 3.30. The summed E-state index contributed by atoms with van der Waals surface area (Å²) in [4.78, 5) is 56.2. The SMILES string of the molecule is CC1=C(C(=O)NC(C)(C)C)C(=O)[C@@]2(O)C(=O)C3C(=O)c4c(O)ccc(C(C)C)c4C[C@@]3(C)C[C@@]2(C)[C@@H]1C(C)C. The summed E-state index contributed by atoms with van der Waals surface area (Å²) in [7, 11) is 0. The Hall–Kier alpha value is -2.80. The molecule has 0 bridgehead atoms. The number of amides is 1. The standard InChI is InChI=1S/C32H43NO6/c1-15(2)18-11-12-20(34)22-19(18)13-30(9)14-31(10)23(16(3)4)17(5)21(28(38)33-29(6,7)8)26(36)32(31,39)27(37)24(30)25(22)35/h11-12,15-16,23-24,34,39H,13-14H2,1-10H3,(H,33,38)/t23-,24?,30+,31+,32-/m1/s1. The van der Waals surface area contributed by atoms with E-state index in [0.29, 0.717) is 12.0 Å². The largest absolute Gasteiger partial charge is 0.507 e. The molecule has 4 rings (SSSR count). The van der Waals surface area contributed by atoms with Gasteiger partial charge in [-0.1, -0.05) is 53.2 Å². The first-order chi connectivity index (χ1) is 17.7. The van der Waals surface area contributed by atoms with Crippen molar-refractivity contribution in [2.24, 2.45) is 28.6 Å². The third-order valence-corrected chi connectivity index (χ3v) is 9.44. The molecule has 1 aromatic rings. The fourth-order valence-electron chi connectivity index (χ4n) is 8.30. The number of allylic oxidation sites excluding steroid dienone is 1. The van der Waals surface area contributed by atoms with Crippen LogP contribution in [0.5, 0.6) is 5.75 Å². The van der Waals surface area contributed by atoms with Crippen LogP contribution in [0, 0.1) is 28.6 Å². The molecule has 5 atom stereocenters. The highest BCUT2D eigenvalue weighted by molar-refractivity contribution is 6.33. The molecule has 0 saturated heterocycles. The minimum Gasteiger partial charge on any atom is -0.507 e. The van der Waals surface area contributed by atoms with Gasteiger partial charge >= 0.3 is 0 Å². The van der Waals surface area contributed by atoms with E-state index in [2.05, 4.69) is 5.32 Å². The van der Waals surface area contributed by atoms with Gasteiger partial charge in [0, 0.05) is 11.0 Å². The topological polar surface area (TPSA) is 121 Å². The first-order valence-corrected chi connectivity index (χ1v) is 14.0. The van der Waals surface area contributed by atoms with Crippen molar-refractivity contribution in [2.45, 2.75) is 99.1 Å². The predicted molar refractivity (Wildman–Crippen MR) is 148 cm³/mol. The van der Waals surface area contributed by atoms with Crippen LogP contribution in [0.1, 0.15) is 103 Å². The van der Waals surface area contributed by atoms with E-state index in [0.717, 1.165) is 11.1 Å². The molecule has 1 amide bonds. The number of hydrogen-bond acceptors (Lipinski definition) is 6. The number of Topliss-reactive ketones (excluding diaryl/α,β-unsaturated/α-hetero) is 3. The van der Waals surface area contributed by atoms with Crippen molar-refractivity contribution in [3.8, 4) is 5.75 Å². The van der Waals surface area contributed by atoms with E-state index in [1.165, 1.54) is 6.07 Å². The van der Waals surface area contributed by atoms with Crippen LogP contribution in [-0.2, 0) is 20.8 Å². The number of aliphatic hydroxyl groups is 1. The third kappa shape index (κ3) is 3.94. The second-order valence-corrected chi connectivity index (χ2v) is 14.3. The Labute approximate surface area is 231 Å². The zero-order valence-corrected chi connectivity index (χ0v) is 24.9. The Balaban J connectivity index is 1.98. The fraction of sp³-hybridized carbons (Fsp3) is 0.625. The van der Waals surface area contributed by atoms with Crippen molar-refractivity contribution in [3.05, 3.63) is 40.0 Å². The summed E-state index contributed by atoms with van der Waals surface area (Å²) >= 11 is 0. The van der Waals surface area contributed by atoms with E-state index in [9.17, 15) is 29.4 Å². The van der Waals surface area contributed by atoms with Crippen LogP contribution in [0.25, 0.3) is 0 Å². The van der Waals surface area contributed by atoms with Gasteiger partial charge in [0.15, 0.2) is 17.2 Å². The van der Waals surface area contributed by atoms with E-state index < -0.39 is 57.1 Å². The molecule has 0 aliphatic heterocycles. The molecule has 0 spiro atoms. The number of fused-ring (bicyclic) bond motifs is 3. The molecule has 0 heterocycles. The number of aromatic hydroxyl groups is 1. The van der Waals surface area contributed by atoms with Crippen molar-refractivity contribution in [1.29, 1.82) is 0 Å². The Morgan fingerprint density at radius 3 is 2.18 bits per heavy atom. The van der Waals surface area contributed by atoms with Crippen molar-refractivity contribution in [2.75, 3.05) is 0 Å². The molecule has 39 heavy (non-hydrogen) atoms. The minimum atomic E-state index is -2.56. The maximum Gasteiger partial charge on any atom is 0.255 e. The van der Waals surface area contributed by atoms with Gasteiger partial charge in [-0.3, -0.25) is 19.2 Å². The quantitative estimate of drug-likeness (QED) is 0.381. The smallest absolute Gasteiger partial charge is 0.255 e. The molecule has 1 unspecified atom stereocenters. The van der Waals surface area contributed by atoms with Gasteiger partial charge in [0.1, 0.15) is 5.75 Å². The molecule has 212 valence electrons. The third-order valence-electron chi connectivity index (χ3n) is 9.44. The molecule has 1 saturated carbocycles. The van der Waals surface area contributed by atoms with Crippen LogP contribution in [0.3, 0.4) is 0 Å². The highest BCUT2D eigenvalue weighted by Crippen LogP contribution is 2.64. The maximum atomic E-state index is 14.5. The van der Waals surface area contributed by atoms with Gasteiger partial charge in [-0.25, -0.2) is 0 Å². The lowest BCUT2D eigenvalue weighted by atomic mass is 9.40. The number of phenolic OH excluding ortho intramolecular Hbond substituents is 1. The zero-order chi connectivity index (χ0) is 29.6. The summed E-state index contributed by atoms with van der Waals surface area (Å²) in [5, 5.41) is 25.9. The summed E-state index contributed by atoms with van der Waals surface area (Å²) in [6.45, 7) is 18.7. The number of carbonyl (C=O) groups is 4. The monoisotopic (exact) mass is 537 g/mol. The van der Waals surface area contributed by atoms with Crippen LogP contribution in [0.4, 0.5) is 0 Å². The normalized spacial score (nSPS) is 32.8. The lowest BCUT2D eigenvalue weighted by Gasteiger charge is -2.62. The lowest BCUT2D eigenvalue weighted by Crippen LogP contribution is -2.74. The number of benzene rings is 1. The van der Waals surface area contributed by atoms with Crippen molar-refractivity contribution in [1.82, 2.24) is 5.32 Å². The lowest BCUT2D eigenvalue weighted by molar-refractivity contribution is -0.192. The summed E-state index contributed by atoms with van der Waals surface area (Å²) in [6.07, 6.45) is 0.586. The van der Waals surface area contributed by atoms with Crippen LogP contribution in [0.2, 0.25) is 0 Å². The van der Waals surface area contributed by atoms with E-state index in [4.69, 9.17) is 0 Å². The van der Waals surface area contributed by atoms with E-state index >= 15 is 0 Å². The molecule has 3 aliphatic carbocycles. The Kier molecular flexibility index (Phi) is 6.62. The minimum absolute atomic E-state index is 0.0906. The average Bonchev–Trinajstić information content (AvgIpc) is 2.74. The van der Waals surface area contributed by atoms with Crippen molar-refractivity contribution >= 4 is 23.3 Å². The highest BCUT2D eigenvalue weighted by Gasteiger charge is 2.74. The molecule has 7 nitrogen and oxygen atoms in total. The van der Waals surface area contributed by atoms with Gasteiger partial charge < -0.3 is 15.5 Å². The van der Waals surface area contributed by atoms with Gasteiger partial charge in [-0.05, 0) is 80.9 Å². The second-order valence-electron chi connectivity index (χ2n) is 14.3. The van der Waals surface area contributed by atoms with Gasteiger partial charge in [-0.2, -0.15) is 0 Å². The molecule has 0 aromatic heterocycles. The maximum absolute atomic E-state index is 14.5. The molecular weight excluding hydrogens is 494 g/mol. The highest BCUT2D eigenvalue weighted by atomic mass is 16.3. The molecule has 1 fully saturated rings. The molecule has 3 N–H and O–H groups in total. The number of phenols is 1. The Bertz CT molecular complexity index is 1330. The van der Waals surface area contributed by atoms with Crippen LogP contribution >= 0.6 is 0 Å². The van der Waals surface area contributed by atoms with E-state index in [1.54, 1.807) is 34.6 Å². The van der Waals surface area contributed by atoms with Gasteiger partial charge in [0.25, 0.3) is 5.91 Å². The van der Waals surface area contributed by atoms with Gasteiger partial charge in [0.2, 0.25) is 5.78 Å². The molecule has 1 aromatic carbocycles. The average molecular weight is 538 g/mol. The number of ketones is 3. The fourth-order valence-corrected chi connectivity index (χ4v) is 8.30. The van der Waals surface area contributed by atoms with Crippen LogP contribution in [0.15, 0.2) is 23.3 Å². The van der Waals surface area contributed by atoms with E-state index in [-0.39, 0.29) is 35.1 Å². The summed E-state index contributed by atoms with van der Waals surface area (Å²) in [5.41, 5.74) is -3.22. The zero-order valence-electron chi connectivity index (χ0n) is 24.9. The number of rotatable bonds is 3. The van der Waals surface area contributed by atoms with Gasteiger partial charge in [0.05, 0.1) is 17.1 Å². The van der Waals surface area contributed by atoms with Crippen molar-refractivity contribution < 1.29 is 29.4 Å². The first-order valence-electron chi connectivity index (χ1n) is 14.0. The predicted octanol–water partition coefficient (Wildman–Crippen LogP) is 4.67. The van der Waals surface area contributed by atoms with E-state index in [1.807, 2.05) is 40.7 Å². The Morgan fingerprint density at radius 1 is 1.08 bits per heavy atom. The van der Waals surface area contributed by atoms with Crippen LogP contribution < -0.4 is 5.32 Å². The molecule has 7 heteroatoms. The number of hydrogen-bond donors (Lipinski definition) is 3. The van der Waals surface area contributed by atoms with Crippen molar-refractivity contribution in [3.63, 3.8) is 0 Å². The Morgan fingerprint density at radius 2 is 1.67 bits per heavy atom.